The van der Waals surface area contributed by atoms with Crippen LogP contribution < -0.4 is 15.6 Å². The summed E-state index contributed by atoms with van der Waals surface area (Å²) in [7, 11) is -3.86. The summed E-state index contributed by atoms with van der Waals surface area (Å²) in [5.41, 5.74) is 8.18. The SMILES string of the molecule is C[C@@H](Oc1cc(-c2cccc(S(N)(=O)=O)c2)cnc1N)c1cc(F)ccc1-n1nccn1. The number of hydrogen-bond acceptors (Lipinski definition) is 7. The molecule has 4 N–H and O–H groups in total. The first-order valence-electron chi connectivity index (χ1n) is 9.44. The highest BCUT2D eigenvalue weighted by atomic mass is 32.2. The molecule has 0 fully saturated rings. The molecule has 9 nitrogen and oxygen atoms in total. The molecule has 32 heavy (non-hydrogen) atoms. The van der Waals surface area contributed by atoms with Gasteiger partial charge in [0.15, 0.2) is 11.6 Å². The van der Waals surface area contributed by atoms with Crippen LogP contribution in [0.4, 0.5) is 10.2 Å². The van der Waals surface area contributed by atoms with Crippen molar-refractivity contribution in [2.75, 3.05) is 5.73 Å². The highest BCUT2D eigenvalue weighted by molar-refractivity contribution is 7.89. The first kappa shape index (κ1) is 21.4. The molecule has 1 atom stereocenters. The van der Waals surface area contributed by atoms with E-state index in [1.165, 1.54) is 47.7 Å². The van der Waals surface area contributed by atoms with E-state index in [9.17, 15) is 12.8 Å². The molecule has 4 rings (SSSR count). The van der Waals surface area contributed by atoms with Crippen molar-refractivity contribution >= 4 is 15.8 Å². The number of nitrogen functional groups attached to an aromatic ring is 1. The fourth-order valence-electron chi connectivity index (χ4n) is 3.19. The predicted octanol–water partition coefficient (Wildman–Crippen LogP) is 2.84. The topological polar surface area (TPSA) is 139 Å². The zero-order valence-corrected chi connectivity index (χ0v) is 17.7. The van der Waals surface area contributed by atoms with Crippen molar-refractivity contribution in [3.63, 3.8) is 0 Å². The molecule has 0 radical (unpaired) electrons. The monoisotopic (exact) mass is 454 g/mol. The predicted molar refractivity (Wildman–Crippen MR) is 116 cm³/mol. The van der Waals surface area contributed by atoms with Gasteiger partial charge in [-0.3, -0.25) is 0 Å². The first-order chi connectivity index (χ1) is 15.2. The van der Waals surface area contributed by atoms with Crippen LogP contribution in [0.25, 0.3) is 16.8 Å². The quantitative estimate of drug-likeness (QED) is 0.457. The van der Waals surface area contributed by atoms with Gasteiger partial charge in [0.25, 0.3) is 0 Å². The molecule has 11 heteroatoms. The van der Waals surface area contributed by atoms with Crippen molar-refractivity contribution in [2.45, 2.75) is 17.9 Å². The van der Waals surface area contributed by atoms with Gasteiger partial charge in [0, 0.05) is 17.3 Å². The zero-order chi connectivity index (χ0) is 22.9. The van der Waals surface area contributed by atoms with Crippen LogP contribution in [0.3, 0.4) is 0 Å². The second-order valence-electron chi connectivity index (χ2n) is 6.96. The molecule has 0 saturated carbocycles. The summed E-state index contributed by atoms with van der Waals surface area (Å²) in [6, 6.07) is 12.0. The smallest absolute Gasteiger partial charge is 0.238 e. The summed E-state index contributed by atoms with van der Waals surface area (Å²) in [6.07, 6.45) is 3.89. The van der Waals surface area contributed by atoms with Gasteiger partial charge >= 0.3 is 0 Å². The Bertz CT molecular complexity index is 1380. The molecule has 4 aromatic rings. The van der Waals surface area contributed by atoms with E-state index < -0.39 is 21.9 Å². The number of halogens is 1. The highest BCUT2D eigenvalue weighted by Crippen LogP contribution is 2.33. The number of sulfonamides is 1. The van der Waals surface area contributed by atoms with Gasteiger partial charge in [-0.05, 0) is 48.9 Å². The fourth-order valence-corrected chi connectivity index (χ4v) is 3.75. The van der Waals surface area contributed by atoms with Gasteiger partial charge in [-0.25, -0.2) is 22.9 Å². The highest BCUT2D eigenvalue weighted by Gasteiger charge is 2.18. The molecule has 0 aliphatic heterocycles. The molecule has 2 aromatic heterocycles. The van der Waals surface area contributed by atoms with Crippen molar-refractivity contribution in [3.8, 4) is 22.6 Å². The number of benzene rings is 2. The molecule has 164 valence electrons. The summed E-state index contributed by atoms with van der Waals surface area (Å²) >= 11 is 0. The van der Waals surface area contributed by atoms with Crippen LogP contribution >= 0.6 is 0 Å². The third kappa shape index (κ3) is 4.43. The van der Waals surface area contributed by atoms with Crippen molar-refractivity contribution < 1.29 is 17.5 Å². The average molecular weight is 454 g/mol. The van der Waals surface area contributed by atoms with Crippen LogP contribution in [0.1, 0.15) is 18.6 Å². The maximum Gasteiger partial charge on any atom is 0.238 e. The number of pyridine rings is 1. The van der Waals surface area contributed by atoms with Crippen LogP contribution in [-0.2, 0) is 10.0 Å². The Morgan fingerprint density at radius 1 is 1.06 bits per heavy atom. The second-order valence-corrected chi connectivity index (χ2v) is 8.52. The molecular formula is C21H19FN6O3S. The summed E-state index contributed by atoms with van der Waals surface area (Å²) in [5, 5.41) is 13.4. The lowest BCUT2D eigenvalue weighted by molar-refractivity contribution is 0.226. The largest absolute Gasteiger partial charge is 0.482 e. The standard InChI is InChI=1S/C21H19FN6O3S/c1-13(18-11-16(22)5-6-19(18)28-26-7-8-27-28)31-20-10-15(12-25-21(20)23)14-3-2-4-17(9-14)32(24,29)30/h2-13H,1H3,(H2,23,25)(H2,24,29,30)/t13-/m1/s1. The number of nitrogens with two attached hydrogens (primary N) is 2. The first-order valence-corrected chi connectivity index (χ1v) is 11.0. The Hall–Kier alpha value is -3.83. The van der Waals surface area contributed by atoms with Gasteiger partial charge in [-0.15, -0.1) is 0 Å². The number of anilines is 1. The lowest BCUT2D eigenvalue weighted by atomic mass is 10.1. The van der Waals surface area contributed by atoms with Crippen molar-refractivity contribution in [3.05, 3.63) is 78.5 Å². The molecule has 0 unspecified atom stereocenters. The molecule has 0 spiro atoms. The average Bonchev–Trinajstić information content (AvgIpc) is 3.29. The molecule has 0 saturated heterocycles. The molecule has 2 heterocycles. The molecule has 0 aliphatic carbocycles. The van der Waals surface area contributed by atoms with E-state index in [-0.39, 0.29) is 16.5 Å². The van der Waals surface area contributed by atoms with E-state index in [0.717, 1.165) is 0 Å². The number of primary sulfonamides is 1. The number of hydrogen-bond donors (Lipinski definition) is 2. The molecular weight excluding hydrogens is 435 g/mol. The molecule has 0 amide bonds. The van der Waals surface area contributed by atoms with E-state index in [0.29, 0.717) is 22.4 Å². The second kappa shape index (κ2) is 8.36. The van der Waals surface area contributed by atoms with Crippen LogP contribution in [-0.4, -0.2) is 28.4 Å². The van der Waals surface area contributed by atoms with Crippen molar-refractivity contribution in [1.82, 2.24) is 20.0 Å². The van der Waals surface area contributed by atoms with Crippen LogP contribution in [0.5, 0.6) is 5.75 Å². The van der Waals surface area contributed by atoms with Crippen molar-refractivity contribution in [1.29, 1.82) is 0 Å². The molecule has 0 aliphatic rings. The minimum atomic E-state index is -3.86. The van der Waals surface area contributed by atoms with Gasteiger partial charge in [0.2, 0.25) is 10.0 Å². The van der Waals surface area contributed by atoms with Gasteiger partial charge in [0.1, 0.15) is 11.9 Å². The van der Waals surface area contributed by atoms with Gasteiger partial charge in [-0.1, -0.05) is 12.1 Å². The minimum absolute atomic E-state index is 0.0289. The maximum absolute atomic E-state index is 14.0. The Labute approximate surface area is 183 Å². The Morgan fingerprint density at radius 3 is 2.53 bits per heavy atom. The summed E-state index contributed by atoms with van der Waals surface area (Å²) in [4.78, 5) is 5.49. The number of aromatic nitrogens is 4. The summed E-state index contributed by atoms with van der Waals surface area (Å²) in [5.74, 6) is -0.0657. The minimum Gasteiger partial charge on any atom is -0.482 e. The summed E-state index contributed by atoms with van der Waals surface area (Å²) < 4.78 is 43.3. The number of nitrogens with zero attached hydrogens (tertiary/aromatic N) is 4. The zero-order valence-electron chi connectivity index (χ0n) is 16.9. The van der Waals surface area contributed by atoms with E-state index in [2.05, 4.69) is 15.2 Å². The lowest BCUT2D eigenvalue weighted by Gasteiger charge is -2.19. The fraction of sp³-hybridized carbons (Fsp3) is 0.0952. The van der Waals surface area contributed by atoms with Crippen LogP contribution in [0, 0.1) is 5.82 Å². The van der Waals surface area contributed by atoms with Gasteiger partial charge < -0.3 is 10.5 Å². The Kier molecular flexibility index (Phi) is 5.59. The van der Waals surface area contributed by atoms with E-state index in [4.69, 9.17) is 15.6 Å². The molecule has 2 aromatic carbocycles. The van der Waals surface area contributed by atoms with Crippen LogP contribution in [0.15, 0.2) is 72.0 Å². The third-order valence-electron chi connectivity index (χ3n) is 4.74. The number of ether oxygens (including phenoxy) is 1. The third-order valence-corrected chi connectivity index (χ3v) is 5.65. The number of rotatable bonds is 6. The molecule has 0 bridgehead atoms. The lowest BCUT2D eigenvalue weighted by Crippen LogP contribution is -2.12. The van der Waals surface area contributed by atoms with Gasteiger partial charge in [-0.2, -0.15) is 15.0 Å². The van der Waals surface area contributed by atoms with Crippen LogP contribution in [0.2, 0.25) is 0 Å². The van der Waals surface area contributed by atoms with E-state index >= 15 is 0 Å². The van der Waals surface area contributed by atoms with E-state index in [1.807, 2.05) is 0 Å². The Morgan fingerprint density at radius 2 is 1.81 bits per heavy atom. The maximum atomic E-state index is 14.0. The van der Waals surface area contributed by atoms with Crippen molar-refractivity contribution in [2.24, 2.45) is 5.14 Å². The Balaban J connectivity index is 1.69. The van der Waals surface area contributed by atoms with Gasteiger partial charge in [0.05, 0.1) is 23.0 Å². The van der Waals surface area contributed by atoms with E-state index in [1.54, 1.807) is 31.2 Å². The normalized spacial score (nSPS) is 12.5. The summed E-state index contributed by atoms with van der Waals surface area (Å²) in [6.45, 7) is 1.73.